The Balaban J connectivity index is 1.69. The van der Waals surface area contributed by atoms with Crippen molar-refractivity contribution in [1.82, 2.24) is 14.8 Å². The van der Waals surface area contributed by atoms with Gasteiger partial charge >= 0.3 is 0 Å². The summed E-state index contributed by atoms with van der Waals surface area (Å²) in [5, 5.41) is 4.02. The van der Waals surface area contributed by atoms with Gasteiger partial charge in [0.15, 0.2) is 10.5 Å². The average Bonchev–Trinajstić information content (AvgIpc) is 2.86. The van der Waals surface area contributed by atoms with E-state index < -0.39 is 0 Å². The van der Waals surface area contributed by atoms with Crippen LogP contribution < -0.4 is 4.74 Å². The molecule has 0 fully saturated rings. The van der Waals surface area contributed by atoms with Crippen molar-refractivity contribution in [2.45, 2.75) is 6.54 Å². The third-order valence-corrected chi connectivity index (χ3v) is 3.80. The predicted molar refractivity (Wildman–Crippen MR) is 90.0 cm³/mol. The van der Waals surface area contributed by atoms with E-state index in [0.717, 1.165) is 5.75 Å². The van der Waals surface area contributed by atoms with Gasteiger partial charge < -0.3 is 4.74 Å². The lowest BCUT2D eigenvalue weighted by atomic mass is 10.1. The molecule has 116 valence electrons. The second kappa shape index (κ2) is 6.93. The molecule has 2 aromatic carbocycles. The highest BCUT2D eigenvalue weighted by atomic mass is 79.9. The summed E-state index contributed by atoms with van der Waals surface area (Å²) in [6.45, 7) is 0.0548. The second-order valence-electron chi connectivity index (χ2n) is 4.67. The number of benzene rings is 2. The molecule has 0 N–H and O–H groups in total. The van der Waals surface area contributed by atoms with E-state index >= 15 is 0 Å². The molecular weight excluding hydrogens is 382 g/mol. The van der Waals surface area contributed by atoms with Crippen LogP contribution in [-0.2, 0) is 6.54 Å². The first-order chi connectivity index (χ1) is 11.1. The number of Topliss-reactive ketones (excluding diaryl/α,β-unsaturated/α-hetero) is 1. The summed E-state index contributed by atoms with van der Waals surface area (Å²) in [4.78, 5) is 16.1. The molecule has 0 saturated carbocycles. The lowest BCUT2D eigenvalue weighted by molar-refractivity contribution is 0.0966. The molecule has 5 nitrogen and oxygen atoms in total. The van der Waals surface area contributed by atoms with Gasteiger partial charge in [-0.25, -0.2) is 4.68 Å². The van der Waals surface area contributed by atoms with E-state index in [0.29, 0.717) is 16.0 Å². The molecule has 0 radical (unpaired) electrons. The minimum absolute atomic E-state index is 0.0548. The Kier molecular flexibility index (Phi) is 4.73. The van der Waals surface area contributed by atoms with Gasteiger partial charge in [-0.15, -0.1) is 5.10 Å². The van der Waals surface area contributed by atoms with Crippen molar-refractivity contribution in [2.75, 3.05) is 0 Å². The molecule has 3 rings (SSSR count). The third kappa shape index (κ3) is 3.97. The van der Waals surface area contributed by atoms with Crippen LogP contribution >= 0.6 is 27.5 Å². The fraction of sp³-hybridized carbons (Fsp3) is 0.0625. The quantitative estimate of drug-likeness (QED) is 0.605. The van der Waals surface area contributed by atoms with Crippen LogP contribution in [0.5, 0.6) is 11.5 Å². The Bertz CT molecular complexity index is 819. The van der Waals surface area contributed by atoms with E-state index in [1.807, 2.05) is 30.3 Å². The molecule has 1 heterocycles. The van der Waals surface area contributed by atoms with Gasteiger partial charge in [0.05, 0.1) is 0 Å². The van der Waals surface area contributed by atoms with Crippen LogP contribution in [0.25, 0.3) is 0 Å². The van der Waals surface area contributed by atoms with Crippen molar-refractivity contribution in [3.05, 3.63) is 70.2 Å². The third-order valence-electron chi connectivity index (χ3n) is 3.05. The van der Waals surface area contributed by atoms with Crippen LogP contribution in [0.1, 0.15) is 10.4 Å². The molecule has 0 aliphatic heterocycles. The van der Waals surface area contributed by atoms with E-state index in [9.17, 15) is 4.79 Å². The smallest absolute Gasteiger partial charge is 0.243 e. The van der Waals surface area contributed by atoms with Crippen LogP contribution in [0, 0.1) is 0 Å². The maximum absolute atomic E-state index is 12.3. The minimum atomic E-state index is -0.0986. The highest BCUT2D eigenvalue weighted by molar-refractivity contribution is 9.10. The standard InChI is InChI=1S/C16H11BrClN3O2/c17-15-19-16(18)20-21(15)10-14(22)11-6-8-13(9-7-11)23-12-4-2-1-3-5-12/h1-9H,10H2. The number of nitrogens with zero attached hydrogens (tertiary/aromatic N) is 3. The van der Waals surface area contributed by atoms with E-state index in [1.165, 1.54) is 4.68 Å². The predicted octanol–water partition coefficient (Wildman–Crippen LogP) is 4.37. The molecule has 0 atom stereocenters. The summed E-state index contributed by atoms with van der Waals surface area (Å²) < 4.78 is 7.51. The number of rotatable bonds is 5. The summed E-state index contributed by atoms with van der Waals surface area (Å²) in [5.41, 5.74) is 0.559. The number of halogens is 2. The highest BCUT2D eigenvalue weighted by Gasteiger charge is 2.12. The van der Waals surface area contributed by atoms with Crippen LogP contribution in [0.4, 0.5) is 0 Å². The Morgan fingerprint density at radius 1 is 1.09 bits per heavy atom. The molecule has 0 saturated heterocycles. The van der Waals surface area contributed by atoms with E-state index in [-0.39, 0.29) is 17.6 Å². The number of carbonyl (C=O) groups is 1. The number of para-hydroxylation sites is 1. The van der Waals surface area contributed by atoms with Gasteiger partial charge in [0.1, 0.15) is 18.0 Å². The van der Waals surface area contributed by atoms with E-state index in [1.54, 1.807) is 24.3 Å². The second-order valence-corrected chi connectivity index (χ2v) is 5.72. The van der Waals surface area contributed by atoms with Gasteiger partial charge in [0.25, 0.3) is 0 Å². The number of hydrogen-bond acceptors (Lipinski definition) is 4. The summed E-state index contributed by atoms with van der Waals surface area (Å²) in [7, 11) is 0. The fourth-order valence-electron chi connectivity index (χ4n) is 1.96. The molecule has 0 unspecified atom stereocenters. The Morgan fingerprint density at radius 2 is 1.74 bits per heavy atom. The van der Waals surface area contributed by atoms with Crippen molar-refractivity contribution < 1.29 is 9.53 Å². The first-order valence-electron chi connectivity index (χ1n) is 6.74. The van der Waals surface area contributed by atoms with Crippen LogP contribution in [0.15, 0.2) is 59.3 Å². The van der Waals surface area contributed by atoms with Crippen molar-refractivity contribution >= 4 is 33.3 Å². The summed E-state index contributed by atoms with van der Waals surface area (Å²) in [6, 6.07) is 16.4. The highest BCUT2D eigenvalue weighted by Crippen LogP contribution is 2.21. The molecule has 0 spiro atoms. The van der Waals surface area contributed by atoms with Gasteiger partial charge in [-0.3, -0.25) is 4.79 Å². The largest absolute Gasteiger partial charge is 0.457 e. The fourth-order valence-corrected chi connectivity index (χ4v) is 2.60. The molecular formula is C16H11BrClN3O2. The number of hydrogen-bond donors (Lipinski definition) is 0. The SMILES string of the molecule is O=C(Cn1nc(Cl)nc1Br)c1ccc(Oc2ccccc2)cc1. The summed E-state index contributed by atoms with van der Waals surface area (Å²) in [6.07, 6.45) is 0. The van der Waals surface area contributed by atoms with Crippen molar-refractivity contribution in [3.63, 3.8) is 0 Å². The van der Waals surface area contributed by atoms with Crippen LogP contribution in [0.3, 0.4) is 0 Å². The van der Waals surface area contributed by atoms with Gasteiger partial charge in [-0.1, -0.05) is 18.2 Å². The Labute approximate surface area is 146 Å². The van der Waals surface area contributed by atoms with E-state index in [2.05, 4.69) is 26.0 Å². The zero-order valence-electron chi connectivity index (χ0n) is 11.8. The van der Waals surface area contributed by atoms with Crippen LogP contribution in [0.2, 0.25) is 5.28 Å². The zero-order chi connectivity index (χ0) is 16.2. The molecule has 0 bridgehead atoms. The van der Waals surface area contributed by atoms with Crippen molar-refractivity contribution in [3.8, 4) is 11.5 Å². The van der Waals surface area contributed by atoms with Gasteiger partial charge in [0, 0.05) is 5.56 Å². The topological polar surface area (TPSA) is 57.0 Å². The maximum Gasteiger partial charge on any atom is 0.243 e. The number of ketones is 1. The summed E-state index contributed by atoms with van der Waals surface area (Å²) >= 11 is 8.89. The molecule has 23 heavy (non-hydrogen) atoms. The van der Waals surface area contributed by atoms with Crippen molar-refractivity contribution in [2.24, 2.45) is 0 Å². The lowest BCUT2D eigenvalue weighted by Crippen LogP contribution is -2.12. The molecule has 1 aromatic heterocycles. The first-order valence-corrected chi connectivity index (χ1v) is 7.91. The zero-order valence-corrected chi connectivity index (χ0v) is 14.2. The molecule has 0 aliphatic rings. The molecule has 0 aliphatic carbocycles. The number of carbonyl (C=O) groups excluding carboxylic acids is 1. The molecule has 7 heteroatoms. The average molecular weight is 393 g/mol. The first kappa shape index (κ1) is 15.7. The van der Waals surface area contributed by atoms with Crippen LogP contribution in [-0.4, -0.2) is 20.5 Å². The van der Waals surface area contributed by atoms with Gasteiger partial charge in [-0.2, -0.15) is 4.98 Å². The summed E-state index contributed by atoms with van der Waals surface area (Å²) in [5.74, 6) is 1.31. The van der Waals surface area contributed by atoms with E-state index in [4.69, 9.17) is 16.3 Å². The number of ether oxygens (including phenoxy) is 1. The Morgan fingerprint density at radius 3 is 2.35 bits per heavy atom. The maximum atomic E-state index is 12.3. The lowest BCUT2D eigenvalue weighted by Gasteiger charge is -2.06. The van der Waals surface area contributed by atoms with Gasteiger partial charge in [0.2, 0.25) is 5.28 Å². The molecule has 0 amide bonds. The molecule has 3 aromatic rings. The number of aromatic nitrogens is 3. The van der Waals surface area contributed by atoms with Gasteiger partial charge in [-0.05, 0) is 63.9 Å². The minimum Gasteiger partial charge on any atom is -0.457 e. The Hall–Kier alpha value is -2.18. The monoisotopic (exact) mass is 391 g/mol. The normalized spacial score (nSPS) is 10.5. The van der Waals surface area contributed by atoms with Crippen molar-refractivity contribution in [1.29, 1.82) is 0 Å².